The number of benzene rings is 1. The lowest BCUT2D eigenvalue weighted by atomic mass is 10.1. The van der Waals surface area contributed by atoms with E-state index in [9.17, 15) is 9.90 Å². The van der Waals surface area contributed by atoms with Gasteiger partial charge in [0.15, 0.2) is 0 Å². The quantitative estimate of drug-likeness (QED) is 0.639. The predicted molar refractivity (Wildman–Crippen MR) is 70.5 cm³/mol. The molecule has 1 aliphatic rings. The van der Waals surface area contributed by atoms with Crippen LogP contribution in [0.2, 0.25) is 0 Å². The van der Waals surface area contributed by atoms with Crippen molar-refractivity contribution < 1.29 is 14.6 Å². The summed E-state index contributed by atoms with van der Waals surface area (Å²) < 4.78 is 5.05. The molecule has 2 rings (SSSR count). The summed E-state index contributed by atoms with van der Waals surface area (Å²) in [7, 11) is 1.58. The maximum Gasteiger partial charge on any atom is 0.336 e. The zero-order valence-corrected chi connectivity index (χ0v) is 10.3. The van der Waals surface area contributed by atoms with Crippen LogP contribution in [-0.2, 0) is 4.79 Å². The van der Waals surface area contributed by atoms with Crippen LogP contribution in [0.1, 0.15) is 18.4 Å². The minimum atomic E-state index is -0.916. The van der Waals surface area contributed by atoms with Gasteiger partial charge in [0.2, 0.25) is 0 Å². The van der Waals surface area contributed by atoms with Crippen LogP contribution < -0.4 is 4.74 Å². The Labute approximate surface area is 106 Å². The van der Waals surface area contributed by atoms with Crippen molar-refractivity contribution in [1.29, 1.82) is 0 Å². The first-order chi connectivity index (χ1) is 8.70. The molecule has 0 heterocycles. The molecular weight excluding hydrogens is 228 g/mol. The maximum absolute atomic E-state index is 11.2. The average Bonchev–Trinajstić information content (AvgIpc) is 3.18. The van der Waals surface area contributed by atoms with Gasteiger partial charge in [-0.15, -0.1) is 0 Å². The molecule has 1 aromatic carbocycles. The zero-order chi connectivity index (χ0) is 13.0. The van der Waals surface area contributed by atoms with Gasteiger partial charge in [0, 0.05) is 0 Å². The van der Waals surface area contributed by atoms with Crippen LogP contribution in [0.3, 0.4) is 0 Å². The third-order valence-corrected chi connectivity index (χ3v) is 2.90. The van der Waals surface area contributed by atoms with Crippen molar-refractivity contribution >= 4 is 11.5 Å². The molecule has 0 aromatic heterocycles. The Morgan fingerprint density at radius 3 is 2.50 bits per heavy atom. The molecule has 18 heavy (non-hydrogen) atoms. The number of rotatable bonds is 5. The van der Waals surface area contributed by atoms with Crippen LogP contribution in [0.4, 0.5) is 0 Å². The summed E-state index contributed by atoms with van der Waals surface area (Å²) in [5, 5.41) is 9.20. The van der Waals surface area contributed by atoms with Crippen molar-refractivity contribution in [3.63, 3.8) is 0 Å². The highest BCUT2D eigenvalue weighted by Crippen LogP contribution is 2.30. The number of allylic oxidation sites excluding steroid dienone is 3. The van der Waals surface area contributed by atoms with Crippen molar-refractivity contribution in [2.45, 2.75) is 12.8 Å². The van der Waals surface area contributed by atoms with Crippen LogP contribution in [0.25, 0.3) is 5.57 Å². The summed E-state index contributed by atoms with van der Waals surface area (Å²) in [6, 6.07) is 7.03. The fourth-order valence-corrected chi connectivity index (χ4v) is 1.66. The van der Waals surface area contributed by atoms with Gasteiger partial charge in [0.25, 0.3) is 0 Å². The second-order valence-electron chi connectivity index (χ2n) is 4.34. The van der Waals surface area contributed by atoms with E-state index < -0.39 is 5.97 Å². The van der Waals surface area contributed by atoms with Gasteiger partial charge in [-0.2, -0.15) is 0 Å². The third kappa shape index (κ3) is 3.23. The van der Waals surface area contributed by atoms with Crippen LogP contribution in [0, 0.1) is 5.92 Å². The monoisotopic (exact) mass is 244 g/mol. The first-order valence-electron chi connectivity index (χ1n) is 5.97. The van der Waals surface area contributed by atoms with Gasteiger partial charge >= 0.3 is 5.97 Å². The molecule has 0 saturated heterocycles. The Bertz CT molecular complexity index is 479. The summed E-state index contributed by atoms with van der Waals surface area (Å²) in [5.74, 6) is 0.449. The highest BCUT2D eigenvalue weighted by Gasteiger charge is 2.17. The van der Waals surface area contributed by atoms with Crippen LogP contribution in [0.5, 0.6) is 5.75 Å². The van der Waals surface area contributed by atoms with Gasteiger partial charge in [0.05, 0.1) is 12.7 Å². The number of hydrogen-bond acceptors (Lipinski definition) is 2. The molecule has 0 unspecified atom stereocenters. The maximum atomic E-state index is 11.2. The SMILES string of the molecule is COc1ccc(/C(=C\C=C\C2CC2)C(=O)O)cc1. The molecule has 1 aliphatic carbocycles. The average molecular weight is 244 g/mol. The van der Waals surface area contributed by atoms with Crippen molar-refractivity contribution in [3.05, 3.63) is 48.1 Å². The van der Waals surface area contributed by atoms with E-state index in [0.29, 0.717) is 17.1 Å². The minimum absolute atomic E-state index is 0.301. The summed E-state index contributed by atoms with van der Waals surface area (Å²) in [5.41, 5.74) is 0.985. The number of carboxylic acids is 1. The molecule has 1 aromatic rings. The largest absolute Gasteiger partial charge is 0.497 e. The molecule has 1 N–H and O–H groups in total. The molecule has 0 spiro atoms. The standard InChI is InChI=1S/C15H16O3/c1-18-13-9-7-12(8-10-13)14(15(16)17)4-2-3-11-5-6-11/h2-4,7-11H,5-6H2,1H3,(H,16,17)/b3-2+,14-4+. The van der Waals surface area contributed by atoms with Gasteiger partial charge in [-0.1, -0.05) is 24.3 Å². The van der Waals surface area contributed by atoms with Crippen molar-refractivity contribution in [3.8, 4) is 5.75 Å². The molecular formula is C15H16O3. The van der Waals surface area contributed by atoms with Gasteiger partial charge in [0.1, 0.15) is 5.75 Å². The van der Waals surface area contributed by atoms with E-state index in [1.54, 1.807) is 37.5 Å². The van der Waals surface area contributed by atoms with E-state index in [0.717, 1.165) is 5.75 Å². The van der Waals surface area contributed by atoms with Crippen LogP contribution >= 0.6 is 0 Å². The van der Waals surface area contributed by atoms with E-state index >= 15 is 0 Å². The lowest BCUT2D eigenvalue weighted by molar-refractivity contribution is -0.130. The summed E-state index contributed by atoms with van der Waals surface area (Å²) in [4.78, 5) is 11.2. The van der Waals surface area contributed by atoms with Gasteiger partial charge < -0.3 is 9.84 Å². The fourth-order valence-electron chi connectivity index (χ4n) is 1.66. The van der Waals surface area contributed by atoms with Crippen LogP contribution in [-0.4, -0.2) is 18.2 Å². The van der Waals surface area contributed by atoms with E-state index in [4.69, 9.17) is 4.74 Å². The topological polar surface area (TPSA) is 46.5 Å². The Kier molecular flexibility index (Phi) is 3.82. The second kappa shape index (κ2) is 5.54. The molecule has 0 radical (unpaired) electrons. The van der Waals surface area contributed by atoms with Gasteiger partial charge in [-0.25, -0.2) is 4.79 Å². The number of hydrogen-bond donors (Lipinski definition) is 1. The first kappa shape index (κ1) is 12.4. The van der Waals surface area contributed by atoms with E-state index in [2.05, 4.69) is 6.08 Å². The Morgan fingerprint density at radius 1 is 1.33 bits per heavy atom. The smallest absolute Gasteiger partial charge is 0.336 e. The molecule has 0 amide bonds. The molecule has 1 fully saturated rings. The van der Waals surface area contributed by atoms with Crippen molar-refractivity contribution in [2.24, 2.45) is 5.92 Å². The van der Waals surface area contributed by atoms with Crippen molar-refractivity contribution in [1.82, 2.24) is 0 Å². The summed E-state index contributed by atoms with van der Waals surface area (Å²) >= 11 is 0. The lowest BCUT2D eigenvalue weighted by Gasteiger charge is -2.03. The van der Waals surface area contributed by atoms with Gasteiger partial charge in [-0.05, 0) is 42.5 Å². The molecule has 3 nitrogen and oxygen atoms in total. The molecule has 1 saturated carbocycles. The second-order valence-corrected chi connectivity index (χ2v) is 4.34. The molecule has 3 heteroatoms. The van der Waals surface area contributed by atoms with E-state index in [1.165, 1.54) is 12.8 Å². The van der Waals surface area contributed by atoms with Gasteiger partial charge in [-0.3, -0.25) is 0 Å². The summed E-state index contributed by atoms with van der Waals surface area (Å²) in [6.07, 6.45) is 7.99. The number of ether oxygens (including phenoxy) is 1. The number of carbonyl (C=O) groups is 1. The van der Waals surface area contributed by atoms with Crippen molar-refractivity contribution in [2.75, 3.05) is 7.11 Å². The first-order valence-corrected chi connectivity index (χ1v) is 5.97. The normalized spacial score (nSPS) is 15.9. The molecule has 0 aliphatic heterocycles. The van der Waals surface area contributed by atoms with E-state index in [1.807, 2.05) is 6.08 Å². The Morgan fingerprint density at radius 2 is 2.00 bits per heavy atom. The fraction of sp³-hybridized carbons (Fsp3) is 0.267. The number of aliphatic carboxylic acids is 1. The minimum Gasteiger partial charge on any atom is -0.497 e. The van der Waals surface area contributed by atoms with E-state index in [-0.39, 0.29) is 0 Å². The molecule has 0 atom stereocenters. The predicted octanol–water partition coefficient (Wildman–Crippen LogP) is 3.13. The number of carboxylic acid groups (broad SMARTS) is 1. The van der Waals surface area contributed by atoms with Crippen LogP contribution in [0.15, 0.2) is 42.5 Å². The number of methoxy groups -OCH3 is 1. The molecule has 0 bridgehead atoms. The zero-order valence-electron chi connectivity index (χ0n) is 10.3. The third-order valence-electron chi connectivity index (χ3n) is 2.90. The Balaban J connectivity index is 2.19. The highest BCUT2D eigenvalue weighted by atomic mass is 16.5. The Hall–Kier alpha value is -2.03. The highest BCUT2D eigenvalue weighted by molar-refractivity contribution is 6.15. The summed E-state index contributed by atoms with van der Waals surface area (Å²) in [6.45, 7) is 0. The lowest BCUT2D eigenvalue weighted by Crippen LogP contribution is -1.99. The molecule has 94 valence electrons.